The molecule has 11 rings (SSSR count). The summed E-state index contributed by atoms with van der Waals surface area (Å²) in [6.07, 6.45) is 12.1. The SMILES string of the molecule is CC(C)(C)c1ccc(C(c2ccc(C(C)(C)C)cc2)c2cc3c4c(c2)N(C2CC5CCC2C5)c2ccc(C5CCCCC5)cc2B4c2cc(C(C)(C)C)ccc2N3c2ccc(C(C)(C)C)cc2)cc1. The fourth-order valence-electron chi connectivity index (χ4n) is 13.6. The molecule has 3 fully saturated rings. The van der Waals surface area contributed by atoms with Crippen LogP contribution in [0.3, 0.4) is 0 Å². The molecule has 3 heteroatoms. The molecule has 69 heavy (non-hydrogen) atoms. The van der Waals surface area contributed by atoms with Crippen LogP contribution in [-0.2, 0) is 21.7 Å². The van der Waals surface area contributed by atoms with Crippen LogP contribution in [0.5, 0.6) is 0 Å². The summed E-state index contributed by atoms with van der Waals surface area (Å²) in [6, 6.07) is 50.3. The van der Waals surface area contributed by atoms with Gasteiger partial charge in [0.15, 0.2) is 0 Å². The lowest BCUT2D eigenvalue weighted by Gasteiger charge is -2.48. The van der Waals surface area contributed by atoms with E-state index in [1.54, 1.807) is 5.56 Å². The first-order valence-electron chi connectivity index (χ1n) is 27.1. The van der Waals surface area contributed by atoms with Crippen molar-refractivity contribution in [1.29, 1.82) is 0 Å². The topological polar surface area (TPSA) is 6.48 Å². The van der Waals surface area contributed by atoms with Crippen molar-refractivity contribution < 1.29 is 0 Å². The van der Waals surface area contributed by atoms with Gasteiger partial charge in [0.2, 0.25) is 0 Å². The van der Waals surface area contributed by atoms with Crippen LogP contribution in [0.4, 0.5) is 28.4 Å². The van der Waals surface area contributed by atoms with Crippen molar-refractivity contribution in [3.63, 3.8) is 0 Å². The molecule has 0 saturated heterocycles. The summed E-state index contributed by atoms with van der Waals surface area (Å²) in [7, 11) is 0. The number of nitrogens with zero attached hydrogens (tertiary/aromatic N) is 2. The molecule has 6 aromatic carbocycles. The summed E-state index contributed by atoms with van der Waals surface area (Å²) in [5.74, 6) is 2.22. The fourth-order valence-corrected chi connectivity index (χ4v) is 13.6. The maximum absolute atomic E-state index is 2.95. The summed E-state index contributed by atoms with van der Waals surface area (Å²) in [5, 5.41) is 0. The first-order valence-corrected chi connectivity index (χ1v) is 27.1. The number of hydrogen-bond donors (Lipinski definition) is 0. The standard InChI is InChI=1S/C66H79BN2/c1-63(2,3)49-25-20-44(21-26-49)61(45-22-27-50(28-23-45)64(4,5)6)48-39-59-62-60(40-48)69(58-37-42-18-19-47(58)36-42)57-34-24-46(43-16-14-13-15-17-43)38-54(57)67(62)55-41-52(66(10,11)12)31-35-56(55)68(59)53-32-29-51(30-33-53)65(7,8)9/h20-35,38-43,47,58,61H,13-19,36-37H2,1-12H3. The van der Waals surface area contributed by atoms with Gasteiger partial charge in [-0.25, -0.2) is 0 Å². The highest BCUT2D eigenvalue weighted by molar-refractivity contribution is 7.00. The van der Waals surface area contributed by atoms with Crippen LogP contribution >= 0.6 is 0 Å². The number of rotatable bonds is 6. The molecular formula is C66H79BN2. The summed E-state index contributed by atoms with van der Waals surface area (Å²) in [6.45, 7) is 28.3. The van der Waals surface area contributed by atoms with Crippen molar-refractivity contribution in [3.8, 4) is 0 Å². The largest absolute Gasteiger partial charge is 0.339 e. The van der Waals surface area contributed by atoms with Crippen molar-refractivity contribution in [1.82, 2.24) is 0 Å². The quantitative estimate of drug-likeness (QED) is 0.121. The number of anilines is 5. The highest BCUT2D eigenvalue weighted by Crippen LogP contribution is 2.53. The van der Waals surface area contributed by atoms with Crippen LogP contribution in [0.2, 0.25) is 0 Å². The minimum Gasteiger partial charge on any atom is -0.339 e. The Hall–Kier alpha value is -5.02. The molecular weight excluding hydrogens is 832 g/mol. The van der Waals surface area contributed by atoms with Crippen LogP contribution < -0.4 is 26.2 Å². The van der Waals surface area contributed by atoms with E-state index in [0.29, 0.717) is 17.9 Å². The van der Waals surface area contributed by atoms with Crippen molar-refractivity contribution in [2.75, 3.05) is 9.80 Å². The normalized spacial score (nSPS) is 20.4. The molecule has 0 N–H and O–H groups in total. The molecule has 0 aromatic heterocycles. The highest BCUT2D eigenvalue weighted by Gasteiger charge is 2.50. The molecule has 0 radical (unpaired) electrons. The van der Waals surface area contributed by atoms with Gasteiger partial charge in [0.05, 0.1) is 0 Å². The summed E-state index contributed by atoms with van der Waals surface area (Å²) in [4.78, 5) is 5.63. The van der Waals surface area contributed by atoms with E-state index in [9.17, 15) is 0 Å². The zero-order chi connectivity index (χ0) is 48.4. The molecule has 3 saturated carbocycles. The van der Waals surface area contributed by atoms with E-state index in [1.807, 2.05) is 0 Å². The monoisotopic (exact) mass is 911 g/mol. The molecule has 3 atom stereocenters. The van der Waals surface area contributed by atoms with Crippen molar-refractivity contribution in [2.45, 2.75) is 180 Å². The van der Waals surface area contributed by atoms with Gasteiger partial charge in [-0.05, 0) is 169 Å². The Kier molecular flexibility index (Phi) is 11.3. The Morgan fingerprint density at radius 3 is 1.51 bits per heavy atom. The van der Waals surface area contributed by atoms with Crippen LogP contribution in [0.1, 0.15) is 197 Å². The molecule has 3 unspecified atom stereocenters. The molecule has 0 spiro atoms. The van der Waals surface area contributed by atoms with E-state index in [-0.39, 0.29) is 34.3 Å². The molecule has 3 aliphatic carbocycles. The smallest absolute Gasteiger partial charge is 0.252 e. The maximum atomic E-state index is 2.95. The third-order valence-electron chi connectivity index (χ3n) is 17.7. The van der Waals surface area contributed by atoms with Crippen LogP contribution in [0.15, 0.2) is 121 Å². The van der Waals surface area contributed by atoms with Gasteiger partial charge in [-0.3, -0.25) is 0 Å². The van der Waals surface area contributed by atoms with Crippen LogP contribution in [-0.4, -0.2) is 12.8 Å². The lowest BCUT2D eigenvalue weighted by molar-refractivity contribution is 0.413. The first kappa shape index (κ1) is 46.4. The van der Waals surface area contributed by atoms with E-state index < -0.39 is 0 Å². The van der Waals surface area contributed by atoms with Crippen LogP contribution in [0.25, 0.3) is 0 Å². The summed E-state index contributed by atoms with van der Waals surface area (Å²) in [5.41, 5.74) is 22.6. The van der Waals surface area contributed by atoms with Gasteiger partial charge >= 0.3 is 0 Å². The average Bonchev–Trinajstić information content (AvgIpc) is 3.95. The Morgan fingerprint density at radius 2 is 0.971 bits per heavy atom. The van der Waals surface area contributed by atoms with E-state index in [0.717, 1.165) is 5.92 Å². The third-order valence-corrected chi connectivity index (χ3v) is 17.7. The van der Waals surface area contributed by atoms with Gasteiger partial charge in [-0.1, -0.05) is 194 Å². The van der Waals surface area contributed by atoms with E-state index in [2.05, 4.69) is 214 Å². The van der Waals surface area contributed by atoms with Crippen LogP contribution in [0, 0.1) is 11.8 Å². The van der Waals surface area contributed by atoms with Gasteiger partial charge in [0, 0.05) is 40.4 Å². The number of benzene rings is 6. The van der Waals surface area contributed by atoms with Gasteiger partial charge in [0.1, 0.15) is 0 Å². The molecule has 6 aromatic rings. The molecule has 2 heterocycles. The molecule has 2 nitrogen and oxygen atoms in total. The number of hydrogen-bond acceptors (Lipinski definition) is 2. The first-order chi connectivity index (χ1) is 32.7. The minimum absolute atomic E-state index is 0.00996. The van der Waals surface area contributed by atoms with Gasteiger partial charge < -0.3 is 9.80 Å². The second-order valence-electron chi connectivity index (χ2n) is 26.5. The molecule has 2 aliphatic heterocycles. The Morgan fingerprint density at radius 1 is 0.449 bits per heavy atom. The lowest BCUT2D eigenvalue weighted by Crippen LogP contribution is -2.63. The van der Waals surface area contributed by atoms with Gasteiger partial charge in [-0.2, -0.15) is 0 Å². The van der Waals surface area contributed by atoms with E-state index in [4.69, 9.17) is 0 Å². The van der Waals surface area contributed by atoms with Crippen molar-refractivity contribution in [3.05, 3.63) is 166 Å². The highest BCUT2D eigenvalue weighted by atomic mass is 15.2. The van der Waals surface area contributed by atoms with Gasteiger partial charge in [0.25, 0.3) is 6.71 Å². The summed E-state index contributed by atoms with van der Waals surface area (Å²) >= 11 is 0. The minimum atomic E-state index is 0.00996. The second kappa shape index (κ2) is 16.8. The predicted octanol–water partition coefficient (Wildman–Crippen LogP) is 16.0. The molecule has 2 bridgehead atoms. The van der Waals surface area contributed by atoms with Crippen molar-refractivity contribution in [2.24, 2.45) is 11.8 Å². The zero-order valence-electron chi connectivity index (χ0n) is 44.3. The Bertz CT molecular complexity index is 2810. The maximum Gasteiger partial charge on any atom is 0.252 e. The average molecular weight is 911 g/mol. The third kappa shape index (κ3) is 8.30. The Balaban J connectivity index is 1.22. The zero-order valence-corrected chi connectivity index (χ0v) is 44.3. The number of fused-ring (bicyclic) bond motifs is 6. The van der Waals surface area contributed by atoms with Crippen molar-refractivity contribution >= 4 is 51.5 Å². The lowest BCUT2D eigenvalue weighted by atomic mass is 9.33. The molecule has 0 amide bonds. The predicted molar refractivity (Wildman–Crippen MR) is 298 cm³/mol. The fraction of sp³-hybridized carbons (Fsp3) is 0.455. The molecule has 5 aliphatic rings. The molecule has 356 valence electrons. The summed E-state index contributed by atoms with van der Waals surface area (Å²) < 4.78 is 0. The van der Waals surface area contributed by atoms with E-state index in [1.165, 1.54) is 142 Å². The van der Waals surface area contributed by atoms with Gasteiger partial charge in [-0.15, -0.1) is 0 Å². The second-order valence-corrected chi connectivity index (χ2v) is 26.5. The Labute approximate surface area is 417 Å². The van der Waals surface area contributed by atoms with E-state index >= 15 is 0 Å².